The van der Waals surface area contributed by atoms with Gasteiger partial charge in [-0.3, -0.25) is 0 Å². The third-order valence-corrected chi connectivity index (χ3v) is 3.95. The van der Waals surface area contributed by atoms with Crippen LogP contribution in [0.3, 0.4) is 0 Å². The first-order chi connectivity index (χ1) is 9.68. The SMILES string of the molecule is CC(C)CCCC(C)CCNCCCc1ccccc1. The van der Waals surface area contributed by atoms with Crippen molar-refractivity contribution in [2.45, 2.75) is 59.3 Å². The Labute approximate surface area is 126 Å². The Morgan fingerprint density at radius 1 is 0.850 bits per heavy atom. The van der Waals surface area contributed by atoms with E-state index in [2.05, 4.69) is 56.4 Å². The number of rotatable bonds is 11. The summed E-state index contributed by atoms with van der Waals surface area (Å²) in [5, 5.41) is 3.59. The van der Waals surface area contributed by atoms with Gasteiger partial charge in [-0.15, -0.1) is 0 Å². The summed E-state index contributed by atoms with van der Waals surface area (Å²) in [5.74, 6) is 1.73. The average Bonchev–Trinajstić information content (AvgIpc) is 2.43. The molecular formula is C19H33N. The molecule has 1 unspecified atom stereocenters. The monoisotopic (exact) mass is 275 g/mol. The lowest BCUT2D eigenvalue weighted by atomic mass is 9.97. The zero-order valence-electron chi connectivity index (χ0n) is 13.7. The fourth-order valence-electron chi connectivity index (χ4n) is 2.55. The Hall–Kier alpha value is -0.820. The van der Waals surface area contributed by atoms with Gasteiger partial charge in [0.05, 0.1) is 0 Å². The summed E-state index contributed by atoms with van der Waals surface area (Å²) in [7, 11) is 0. The molecule has 1 aromatic rings. The van der Waals surface area contributed by atoms with Crippen molar-refractivity contribution in [3.8, 4) is 0 Å². The van der Waals surface area contributed by atoms with Crippen LogP contribution in [-0.2, 0) is 6.42 Å². The molecule has 1 aromatic carbocycles. The van der Waals surface area contributed by atoms with Crippen molar-refractivity contribution in [1.29, 1.82) is 0 Å². The van der Waals surface area contributed by atoms with Crippen molar-refractivity contribution in [2.75, 3.05) is 13.1 Å². The largest absolute Gasteiger partial charge is 0.317 e. The Morgan fingerprint density at radius 3 is 2.30 bits per heavy atom. The third kappa shape index (κ3) is 9.14. The van der Waals surface area contributed by atoms with Gasteiger partial charge in [0.15, 0.2) is 0 Å². The summed E-state index contributed by atoms with van der Waals surface area (Å²) in [6.45, 7) is 9.36. The molecule has 0 saturated heterocycles. The molecule has 1 N–H and O–H groups in total. The summed E-state index contributed by atoms with van der Waals surface area (Å²) in [6.07, 6.45) is 7.93. The molecule has 0 saturated carbocycles. The van der Waals surface area contributed by atoms with Crippen LogP contribution in [-0.4, -0.2) is 13.1 Å². The summed E-state index contributed by atoms with van der Waals surface area (Å²) in [4.78, 5) is 0. The predicted molar refractivity (Wildman–Crippen MR) is 90.1 cm³/mol. The van der Waals surface area contributed by atoms with Crippen LogP contribution in [0, 0.1) is 11.8 Å². The predicted octanol–water partition coefficient (Wildman–Crippen LogP) is 5.06. The summed E-state index contributed by atoms with van der Waals surface area (Å²) < 4.78 is 0. The Kier molecular flexibility index (Phi) is 9.40. The third-order valence-electron chi connectivity index (χ3n) is 3.95. The van der Waals surface area contributed by atoms with Crippen molar-refractivity contribution in [1.82, 2.24) is 5.32 Å². The summed E-state index contributed by atoms with van der Waals surface area (Å²) in [5.41, 5.74) is 1.45. The number of nitrogens with one attached hydrogen (secondary N) is 1. The van der Waals surface area contributed by atoms with Gasteiger partial charge in [0.1, 0.15) is 0 Å². The van der Waals surface area contributed by atoms with Gasteiger partial charge in [0, 0.05) is 0 Å². The van der Waals surface area contributed by atoms with Gasteiger partial charge in [-0.25, -0.2) is 0 Å². The molecule has 0 fully saturated rings. The quantitative estimate of drug-likeness (QED) is 0.556. The van der Waals surface area contributed by atoms with E-state index in [9.17, 15) is 0 Å². The van der Waals surface area contributed by atoms with E-state index in [4.69, 9.17) is 0 Å². The van der Waals surface area contributed by atoms with E-state index in [1.165, 1.54) is 50.6 Å². The van der Waals surface area contributed by atoms with E-state index in [1.54, 1.807) is 0 Å². The lowest BCUT2D eigenvalue weighted by Gasteiger charge is -2.12. The minimum Gasteiger partial charge on any atom is -0.317 e. The first-order valence-corrected chi connectivity index (χ1v) is 8.43. The van der Waals surface area contributed by atoms with Gasteiger partial charge in [0.2, 0.25) is 0 Å². The molecule has 0 heterocycles. The number of hydrogen-bond acceptors (Lipinski definition) is 1. The van der Waals surface area contributed by atoms with E-state index in [1.807, 2.05) is 0 Å². The van der Waals surface area contributed by atoms with Gasteiger partial charge in [-0.05, 0) is 49.8 Å². The molecule has 0 bridgehead atoms. The molecule has 1 atom stereocenters. The first kappa shape index (κ1) is 17.2. The van der Waals surface area contributed by atoms with Crippen LogP contribution < -0.4 is 5.32 Å². The van der Waals surface area contributed by atoms with Crippen LogP contribution in [0.4, 0.5) is 0 Å². The smallest absolute Gasteiger partial charge is 0.00457 e. The molecule has 0 radical (unpaired) electrons. The maximum Gasteiger partial charge on any atom is -0.00457 e. The highest BCUT2D eigenvalue weighted by molar-refractivity contribution is 5.14. The summed E-state index contributed by atoms with van der Waals surface area (Å²) in [6, 6.07) is 10.8. The second-order valence-electron chi connectivity index (χ2n) is 6.56. The lowest BCUT2D eigenvalue weighted by Crippen LogP contribution is -2.19. The van der Waals surface area contributed by atoms with Gasteiger partial charge < -0.3 is 5.32 Å². The zero-order valence-corrected chi connectivity index (χ0v) is 13.7. The van der Waals surface area contributed by atoms with Gasteiger partial charge in [0.25, 0.3) is 0 Å². The highest BCUT2D eigenvalue weighted by Gasteiger charge is 2.02. The number of benzene rings is 1. The molecule has 0 spiro atoms. The van der Waals surface area contributed by atoms with Crippen molar-refractivity contribution < 1.29 is 0 Å². The van der Waals surface area contributed by atoms with E-state index < -0.39 is 0 Å². The van der Waals surface area contributed by atoms with Crippen LogP contribution in [0.1, 0.15) is 58.4 Å². The average molecular weight is 275 g/mol. The Balaban J connectivity index is 1.91. The van der Waals surface area contributed by atoms with Gasteiger partial charge in [-0.2, -0.15) is 0 Å². The second kappa shape index (κ2) is 10.9. The topological polar surface area (TPSA) is 12.0 Å². The minimum absolute atomic E-state index is 0.860. The van der Waals surface area contributed by atoms with Crippen molar-refractivity contribution in [3.05, 3.63) is 35.9 Å². The second-order valence-corrected chi connectivity index (χ2v) is 6.56. The molecule has 0 amide bonds. The molecule has 0 aliphatic rings. The van der Waals surface area contributed by atoms with Crippen LogP contribution in [0.25, 0.3) is 0 Å². The molecule has 1 heteroatoms. The van der Waals surface area contributed by atoms with Crippen LogP contribution >= 0.6 is 0 Å². The standard InChI is InChI=1S/C19H33N/c1-17(2)9-7-10-18(3)14-16-20-15-8-13-19-11-5-4-6-12-19/h4-6,11-12,17-18,20H,7-10,13-16H2,1-3H3. The van der Waals surface area contributed by atoms with E-state index in [0.717, 1.165) is 18.4 Å². The van der Waals surface area contributed by atoms with Crippen molar-refractivity contribution >= 4 is 0 Å². The molecule has 0 aliphatic heterocycles. The Morgan fingerprint density at radius 2 is 1.60 bits per heavy atom. The van der Waals surface area contributed by atoms with Crippen LogP contribution in [0.5, 0.6) is 0 Å². The maximum absolute atomic E-state index is 3.59. The van der Waals surface area contributed by atoms with Gasteiger partial charge >= 0.3 is 0 Å². The molecular weight excluding hydrogens is 242 g/mol. The number of hydrogen-bond donors (Lipinski definition) is 1. The van der Waals surface area contributed by atoms with E-state index in [-0.39, 0.29) is 0 Å². The highest BCUT2D eigenvalue weighted by Crippen LogP contribution is 2.14. The van der Waals surface area contributed by atoms with Gasteiger partial charge in [-0.1, -0.05) is 70.4 Å². The first-order valence-electron chi connectivity index (χ1n) is 8.43. The zero-order chi connectivity index (χ0) is 14.6. The molecule has 1 rings (SSSR count). The fraction of sp³-hybridized carbons (Fsp3) is 0.684. The van der Waals surface area contributed by atoms with E-state index >= 15 is 0 Å². The molecule has 114 valence electrons. The lowest BCUT2D eigenvalue weighted by molar-refractivity contribution is 0.426. The van der Waals surface area contributed by atoms with Crippen LogP contribution in [0.15, 0.2) is 30.3 Å². The number of aryl methyl sites for hydroxylation is 1. The fourth-order valence-corrected chi connectivity index (χ4v) is 2.55. The summed E-state index contributed by atoms with van der Waals surface area (Å²) >= 11 is 0. The van der Waals surface area contributed by atoms with Crippen molar-refractivity contribution in [2.24, 2.45) is 11.8 Å². The molecule has 0 aliphatic carbocycles. The van der Waals surface area contributed by atoms with E-state index in [0.29, 0.717) is 0 Å². The minimum atomic E-state index is 0.860. The van der Waals surface area contributed by atoms with Crippen molar-refractivity contribution in [3.63, 3.8) is 0 Å². The molecule has 1 nitrogen and oxygen atoms in total. The molecule has 0 aromatic heterocycles. The normalized spacial score (nSPS) is 12.8. The maximum atomic E-state index is 3.59. The Bertz CT molecular complexity index is 318. The molecule has 20 heavy (non-hydrogen) atoms. The highest BCUT2D eigenvalue weighted by atomic mass is 14.8. The van der Waals surface area contributed by atoms with Crippen LogP contribution in [0.2, 0.25) is 0 Å².